The van der Waals surface area contributed by atoms with Crippen LogP contribution in [0.25, 0.3) is 0 Å². The second-order valence-corrected chi connectivity index (χ2v) is 6.59. The van der Waals surface area contributed by atoms with E-state index in [-0.39, 0.29) is 12.5 Å². The molecule has 0 saturated carbocycles. The lowest BCUT2D eigenvalue weighted by Crippen LogP contribution is -2.50. The summed E-state index contributed by atoms with van der Waals surface area (Å²) in [5, 5.41) is 0.740. The molecule has 25 heavy (non-hydrogen) atoms. The molecule has 1 saturated heterocycles. The molecule has 0 atom stereocenters. The van der Waals surface area contributed by atoms with Crippen molar-refractivity contribution in [1.82, 2.24) is 9.88 Å². The number of hydrogen-bond acceptors (Lipinski definition) is 4. The lowest BCUT2D eigenvalue weighted by Gasteiger charge is -2.35. The molecule has 0 bridgehead atoms. The minimum Gasteiger partial charge on any atom is -0.484 e. The van der Waals surface area contributed by atoms with Crippen LogP contribution in [0.3, 0.4) is 0 Å². The molecule has 2 heterocycles. The van der Waals surface area contributed by atoms with Crippen molar-refractivity contribution in [3.8, 4) is 5.75 Å². The number of nitrogens with zero attached hydrogens (tertiary/aromatic N) is 3. The molecular weight excluding hydrogens is 338 g/mol. The average Bonchev–Trinajstić information content (AvgIpc) is 2.65. The summed E-state index contributed by atoms with van der Waals surface area (Å²) < 4.78 is 5.67. The van der Waals surface area contributed by atoms with Crippen LogP contribution in [0.5, 0.6) is 5.75 Å². The Kier molecular flexibility index (Phi) is 5.43. The highest BCUT2D eigenvalue weighted by atomic mass is 35.5. The van der Waals surface area contributed by atoms with E-state index >= 15 is 0 Å². The Hall–Kier alpha value is -2.27. The first-order valence-corrected chi connectivity index (χ1v) is 8.75. The van der Waals surface area contributed by atoms with Gasteiger partial charge in [0.25, 0.3) is 5.91 Å². The molecule has 1 amide bonds. The van der Waals surface area contributed by atoms with Crippen molar-refractivity contribution in [1.29, 1.82) is 0 Å². The standard InChI is InChI=1S/C19H22ClN3O2/c1-14-11-16(12-15(2)19(14)20)25-13-18(24)23-9-7-22(8-10-23)17-5-3-4-6-21-17/h3-6,11-12H,7-10,13H2,1-2H3. The summed E-state index contributed by atoms with van der Waals surface area (Å²) in [6, 6.07) is 9.60. The second-order valence-electron chi connectivity index (χ2n) is 6.22. The van der Waals surface area contributed by atoms with Gasteiger partial charge in [-0.05, 0) is 49.2 Å². The predicted octanol–water partition coefficient (Wildman–Crippen LogP) is 3.08. The van der Waals surface area contributed by atoms with Gasteiger partial charge in [0, 0.05) is 37.4 Å². The van der Waals surface area contributed by atoms with E-state index in [9.17, 15) is 4.79 Å². The molecule has 132 valence electrons. The van der Waals surface area contributed by atoms with Gasteiger partial charge in [0.2, 0.25) is 0 Å². The van der Waals surface area contributed by atoms with Crippen molar-refractivity contribution in [2.24, 2.45) is 0 Å². The number of aryl methyl sites for hydroxylation is 2. The van der Waals surface area contributed by atoms with Crippen LogP contribution in [0.1, 0.15) is 11.1 Å². The Morgan fingerprint density at radius 2 is 1.84 bits per heavy atom. The fraction of sp³-hybridized carbons (Fsp3) is 0.368. The lowest BCUT2D eigenvalue weighted by atomic mass is 10.1. The van der Waals surface area contributed by atoms with E-state index in [1.807, 2.05) is 49.1 Å². The number of carbonyl (C=O) groups is 1. The lowest BCUT2D eigenvalue weighted by molar-refractivity contribution is -0.133. The van der Waals surface area contributed by atoms with Crippen LogP contribution in [0.2, 0.25) is 5.02 Å². The molecule has 1 aromatic carbocycles. The van der Waals surface area contributed by atoms with Crippen LogP contribution in [0.4, 0.5) is 5.82 Å². The first kappa shape index (κ1) is 17.5. The van der Waals surface area contributed by atoms with Crippen LogP contribution in [-0.4, -0.2) is 48.6 Å². The highest BCUT2D eigenvalue weighted by Crippen LogP contribution is 2.25. The number of benzene rings is 1. The highest BCUT2D eigenvalue weighted by Gasteiger charge is 2.22. The molecule has 1 aliphatic rings. The number of anilines is 1. The molecule has 0 spiro atoms. The average molecular weight is 360 g/mol. The number of rotatable bonds is 4. The fourth-order valence-corrected chi connectivity index (χ4v) is 3.06. The third kappa shape index (κ3) is 4.23. The molecule has 0 radical (unpaired) electrons. The van der Waals surface area contributed by atoms with E-state index < -0.39 is 0 Å². The fourth-order valence-electron chi connectivity index (χ4n) is 2.95. The summed E-state index contributed by atoms with van der Waals surface area (Å²) >= 11 is 6.16. The minimum atomic E-state index is 0.00549. The van der Waals surface area contributed by atoms with Crippen LogP contribution < -0.4 is 9.64 Å². The largest absolute Gasteiger partial charge is 0.484 e. The van der Waals surface area contributed by atoms with Crippen LogP contribution >= 0.6 is 11.6 Å². The number of amides is 1. The number of ether oxygens (including phenoxy) is 1. The summed E-state index contributed by atoms with van der Waals surface area (Å²) in [4.78, 5) is 20.8. The third-order valence-electron chi connectivity index (χ3n) is 4.38. The van der Waals surface area contributed by atoms with E-state index in [0.717, 1.165) is 35.1 Å². The molecule has 2 aromatic rings. The zero-order valence-corrected chi connectivity index (χ0v) is 15.3. The molecular formula is C19H22ClN3O2. The Bertz CT molecular complexity index is 721. The van der Waals surface area contributed by atoms with E-state index in [4.69, 9.17) is 16.3 Å². The highest BCUT2D eigenvalue weighted by molar-refractivity contribution is 6.32. The molecule has 3 rings (SSSR count). The van der Waals surface area contributed by atoms with E-state index in [0.29, 0.717) is 18.8 Å². The Morgan fingerprint density at radius 3 is 2.44 bits per heavy atom. The number of pyridine rings is 1. The van der Waals surface area contributed by atoms with Gasteiger partial charge in [-0.2, -0.15) is 0 Å². The summed E-state index contributed by atoms with van der Waals surface area (Å²) in [7, 11) is 0. The summed E-state index contributed by atoms with van der Waals surface area (Å²) in [6.07, 6.45) is 1.79. The number of aromatic nitrogens is 1. The topological polar surface area (TPSA) is 45.7 Å². The number of halogens is 1. The first-order valence-electron chi connectivity index (χ1n) is 8.38. The monoisotopic (exact) mass is 359 g/mol. The minimum absolute atomic E-state index is 0.00549. The second kappa shape index (κ2) is 7.74. The van der Waals surface area contributed by atoms with Gasteiger partial charge < -0.3 is 14.5 Å². The molecule has 5 nitrogen and oxygen atoms in total. The maximum absolute atomic E-state index is 12.4. The van der Waals surface area contributed by atoms with Crippen molar-refractivity contribution in [2.75, 3.05) is 37.7 Å². The van der Waals surface area contributed by atoms with Gasteiger partial charge in [0.15, 0.2) is 6.61 Å². The zero-order chi connectivity index (χ0) is 17.8. The van der Waals surface area contributed by atoms with Crippen molar-refractivity contribution in [3.63, 3.8) is 0 Å². The molecule has 1 fully saturated rings. The number of hydrogen-bond donors (Lipinski definition) is 0. The zero-order valence-electron chi connectivity index (χ0n) is 14.5. The van der Waals surface area contributed by atoms with Crippen LogP contribution in [0.15, 0.2) is 36.5 Å². The van der Waals surface area contributed by atoms with E-state index in [1.165, 1.54) is 0 Å². The summed E-state index contributed by atoms with van der Waals surface area (Å²) in [5.74, 6) is 1.64. The number of carbonyl (C=O) groups excluding carboxylic acids is 1. The Balaban J connectivity index is 1.51. The molecule has 0 unspecified atom stereocenters. The van der Waals surface area contributed by atoms with Crippen molar-refractivity contribution < 1.29 is 9.53 Å². The molecule has 1 aromatic heterocycles. The normalized spacial score (nSPS) is 14.5. The number of piperazine rings is 1. The summed E-state index contributed by atoms with van der Waals surface area (Å²) in [6.45, 7) is 6.82. The van der Waals surface area contributed by atoms with E-state index in [1.54, 1.807) is 6.20 Å². The SMILES string of the molecule is Cc1cc(OCC(=O)N2CCN(c3ccccn3)CC2)cc(C)c1Cl. The van der Waals surface area contributed by atoms with Gasteiger partial charge in [-0.25, -0.2) is 4.98 Å². The molecule has 6 heteroatoms. The molecule has 0 aliphatic carbocycles. The van der Waals surface area contributed by atoms with E-state index in [2.05, 4.69) is 9.88 Å². The predicted molar refractivity (Wildman–Crippen MR) is 99.5 cm³/mol. The maximum atomic E-state index is 12.4. The van der Waals surface area contributed by atoms with Gasteiger partial charge >= 0.3 is 0 Å². The Morgan fingerprint density at radius 1 is 1.16 bits per heavy atom. The van der Waals surface area contributed by atoms with Gasteiger partial charge in [-0.15, -0.1) is 0 Å². The van der Waals surface area contributed by atoms with Crippen LogP contribution in [-0.2, 0) is 4.79 Å². The Labute approximate surface area is 153 Å². The van der Waals surface area contributed by atoms with Crippen molar-refractivity contribution in [2.45, 2.75) is 13.8 Å². The van der Waals surface area contributed by atoms with Gasteiger partial charge in [-0.3, -0.25) is 4.79 Å². The van der Waals surface area contributed by atoms with Crippen LogP contribution in [0, 0.1) is 13.8 Å². The smallest absolute Gasteiger partial charge is 0.260 e. The third-order valence-corrected chi connectivity index (χ3v) is 4.97. The van der Waals surface area contributed by atoms with Crippen molar-refractivity contribution >= 4 is 23.3 Å². The molecule has 1 aliphatic heterocycles. The summed E-state index contributed by atoms with van der Waals surface area (Å²) in [5.41, 5.74) is 1.90. The van der Waals surface area contributed by atoms with Gasteiger partial charge in [0.05, 0.1) is 0 Å². The quantitative estimate of drug-likeness (QED) is 0.841. The first-order chi connectivity index (χ1) is 12.0. The maximum Gasteiger partial charge on any atom is 0.260 e. The van der Waals surface area contributed by atoms with Gasteiger partial charge in [-0.1, -0.05) is 17.7 Å². The molecule has 0 N–H and O–H groups in total. The van der Waals surface area contributed by atoms with Crippen molar-refractivity contribution in [3.05, 3.63) is 52.7 Å². The van der Waals surface area contributed by atoms with Gasteiger partial charge in [0.1, 0.15) is 11.6 Å².